The van der Waals surface area contributed by atoms with Crippen molar-refractivity contribution in [3.63, 3.8) is 0 Å². The number of aliphatic carboxylic acids is 1. The molecular formula is C15H23NO4. The summed E-state index contributed by atoms with van der Waals surface area (Å²) in [7, 11) is 0. The van der Waals surface area contributed by atoms with Gasteiger partial charge in [-0.3, -0.25) is 4.79 Å². The number of aliphatic hydroxyl groups excluding tert-OH is 1. The Bertz CT molecular complexity index is 383. The number of carbonyl (C=O) groups is 1. The van der Waals surface area contributed by atoms with Gasteiger partial charge in [-0.15, -0.1) is 0 Å². The van der Waals surface area contributed by atoms with Crippen LogP contribution in [0, 0.1) is 0 Å². The lowest BCUT2D eigenvalue weighted by molar-refractivity contribution is -0.139. The van der Waals surface area contributed by atoms with Gasteiger partial charge < -0.3 is 20.3 Å². The Kier molecular flexibility index (Phi) is 7.69. The predicted molar refractivity (Wildman–Crippen MR) is 76.9 cm³/mol. The molecule has 0 bridgehead atoms. The molecule has 3 N–H and O–H groups in total. The van der Waals surface area contributed by atoms with Crippen LogP contribution in [0.15, 0.2) is 30.3 Å². The average molecular weight is 281 g/mol. The van der Waals surface area contributed by atoms with E-state index in [0.29, 0.717) is 12.2 Å². The predicted octanol–water partition coefficient (Wildman–Crippen LogP) is 1.66. The molecule has 0 saturated carbocycles. The first-order valence-corrected chi connectivity index (χ1v) is 6.95. The monoisotopic (exact) mass is 281 g/mol. The minimum absolute atomic E-state index is 0.136. The fraction of sp³-hybridized carbons (Fsp3) is 0.533. The molecule has 0 spiro atoms. The first kappa shape index (κ1) is 16.5. The number of ether oxygens (including phenoxy) is 1. The summed E-state index contributed by atoms with van der Waals surface area (Å²) in [5, 5.41) is 21.7. The number of para-hydroxylation sites is 1. The molecule has 0 aliphatic heterocycles. The van der Waals surface area contributed by atoms with Crippen LogP contribution in [-0.4, -0.2) is 41.5 Å². The Labute approximate surface area is 119 Å². The second-order valence-electron chi connectivity index (χ2n) is 4.72. The third-order valence-electron chi connectivity index (χ3n) is 2.93. The van der Waals surface area contributed by atoms with E-state index in [4.69, 9.17) is 9.84 Å². The number of hydrogen-bond donors (Lipinski definition) is 3. The van der Waals surface area contributed by atoms with Crippen LogP contribution < -0.4 is 10.1 Å². The molecule has 0 heterocycles. The highest BCUT2D eigenvalue weighted by Crippen LogP contribution is 2.08. The highest BCUT2D eigenvalue weighted by atomic mass is 16.5. The second kappa shape index (κ2) is 9.34. The largest absolute Gasteiger partial charge is 0.491 e. The fourth-order valence-electron chi connectivity index (χ4n) is 1.77. The Morgan fingerprint density at radius 1 is 1.35 bits per heavy atom. The van der Waals surface area contributed by atoms with E-state index in [1.807, 2.05) is 25.1 Å². The number of carboxylic acids is 1. The molecule has 0 radical (unpaired) electrons. The van der Waals surface area contributed by atoms with Crippen LogP contribution in [0.2, 0.25) is 0 Å². The molecule has 0 fully saturated rings. The molecule has 0 aliphatic carbocycles. The third-order valence-corrected chi connectivity index (χ3v) is 2.93. The summed E-state index contributed by atoms with van der Waals surface area (Å²) in [6.07, 6.45) is 1.63. The minimum atomic E-state index is -0.880. The molecule has 5 heteroatoms. The number of aliphatic hydroxyl groups is 1. The SMILES string of the molecule is CCCC[C@@H](NC[C@@H](O)COc1ccccc1)C(=O)O. The van der Waals surface area contributed by atoms with Crippen LogP contribution in [0.3, 0.4) is 0 Å². The molecule has 0 saturated heterocycles. The topological polar surface area (TPSA) is 78.8 Å². The summed E-state index contributed by atoms with van der Waals surface area (Å²) in [5.41, 5.74) is 0. The highest BCUT2D eigenvalue weighted by Gasteiger charge is 2.17. The van der Waals surface area contributed by atoms with E-state index in [2.05, 4.69) is 5.32 Å². The van der Waals surface area contributed by atoms with Gasteiger partial charge in [0.1, 0.15) is 24.5 Å². The van der Waals surface area contributed by atoms with E-state index >= 15 is 0 Å². The second-order valence-corrected chi connectivity index (χ2v) is 4.72. The quantitative estimate of drug-likeness (QED) is 0.608. The Morgan fingerprint density at radius 3 is 2.65 bits per heavy atom. The smallest absolute Gasteiger partial charge is 0.320 e. The van der Waals surface area contributed by atoms with E-state index in [-0.39, 0.29) is 13.2 Å². The van der Waals surface area contributed by atoms with Crippen LogP contribution in [0.4, 0.5) is 0 Å². The fourth-order valence-corrected chi connectivity index (χ4v) is 1.77. The first-order chi connectivity index (χ1) is 9.63. The summed E-state index contributed by atoms with van der Waals surface area (Å²) in [5.74, 6) is -0.193. The molecule has 1 aromatic rings. The minimum Gasteiger partial charge on any atom is -0.491 e. The van der Waals surface area contributed by atoms with E-state index in [1.54, 1.807) is 12.1 Å². The van der Waals surface area contributed by atoms with Crippen molar-refractivity contribution in [1.29, 1.82) is 0 Å². The van der Waals surface area contributed by atoms with Crippen molar-refractivity contribution < 1.29 is 19.7 Å². The lowest BCUT2D eigenvalue weighted by Crippen LogP contribution is -2.42. The summed E-state index contributed by atoms with van der Waals surface area (Å²) < 4.78 is 5.40. The molecule has 0 aliphatic rings. The van der Waals surface area contributed by atoms with Crippen molar-refractivity contribution in [2.75, 3.05) is 13.2 Å². The van der Waals surface area contributed by atoms with E-state index in [9.17, 15) is 9.90 Å². The van der Waals surface area contributed by atoms with Gasteiger partial charge in [-0.25, -0.2) is 0 Å². The molecule has 0 amide bonds. The van der Waals surface area contributed by atoms with Gasteiger partial charge in [0.05, 0.1) is 0 Å². The van der Waals surface area contributed by atoms with Crippen LogP contribution in [0.1, 0.15) is 26.2 Å². The first-order valence-electron chi connectivity index (χ1n) is 6.95. The van der Waals surface area contributed by atoms with Gasteiger partial charge in [0.15, 0.2) is 0 Å². The summed E-state index contributed by atoms with van der Waals surface area (Å²) in [4.78, 5) is 11.0. The number of benzene rings is 1. The van der Waals surface area contributed by atoms with Gasteiger partial charge in [0.2, 0.25) is 0 Å². The molecule has 0 aromatic heterocycles. The summed E-state index contributed by atoms with van der Waals surface area (Å²) in [6.45, 7) is 2.35. The number of nitrogens with one attached hydrogen (secondary N) is 1. The Balaban J connectivity index is 2.27. The van der Waals surface area contributed by atoms with Crippen molar-refractivity contribution in [3.05, 3.63) is 30.3 Å². The Hall–Kier alpha value is -1.59. The Morgan fingerprint density at radius 2 is 2.05 bits per heavy atom. The van der Waals surface area contributed by atoms with E-state index in [0.717, 1.165) is 12.8 Å². The molecule has 20 heavy (non-hydrogen) atoms. The van der Waals surface area contributed by atoms with Crippen molar-refractivity contribution in [1.82, 2.24) is 5.32 Å². The zero-order valence-electron chi connectivity index (χ0n) is 11.8. The molecular weight excluding hydrogens is 258 g/mol. The lowest BCUT2D eigenvalue weighted by Gasteiger charge is -2.17. The van der Waals surface area contributed by atoms with E-state index in [1.165, 1.54) is 0 Å². The van der Waals surface area contributed by atoms with Crippen LogP contribution >= 0.6 is 0 Å². The van der Waals surface area contributed by atoms with Gasteiger partial charge in [-0.1, -0.05) is 38.0 Å². The van der Waals surface area contributed by atoms with Crippen molar-refractivity contribution in [3.8, 4) is 5.75 Å². The number of hydrogen-bond acceptors (Lipinski definition) is 4. The molecule has 112 valence electrons. The normalized spacial score (nSPS) is 13.7. The van der Waals surface area contributed by atoms with Gasteiger partial charge in [-0.05, 0) is 18.6 Å². The van der Waals surface area contributed by atoms with Gasteiger partial charge >= 0.3 is 5.97 Å². The van der Waals surface area contributed by atoms with Crippen molar-refractivity contribution >= 4 is 5.97 Å². The zero-order chi connectivity index (χ0) is 14.8. The molecule has 5 nitrogen and oxygen atoms in total. The maximum Gasteiger partial charge on any atom is 0.320 e. The average Bonchev–Trinajstić information content (AvgIpc) is 2.46. The summed E-state index contributed by atoms with van der Waals surface area (Å²) in [6, 6.07) is 8.59. The van der Waals surface area contributed by atoms with Crippen LogP contribution in [0.25, 0.3) is 0 Å². The van der Waals surface area contributed by atoms with E-state index < -0.39 is 18.1 Å². The van der Waals surface area contributed by atoms with Gasteiger partial charge in [0, 0.05) is 6.54 Å². The standard InChI is InChI=1S/C15H23NO4/c1-2-3-9-14(15(18)19)16-10-12(17)11-20-13-7-5-4-6-8-13/h4-8,12,14,16-17H,2-3,9-11H2,1H3,(H,18,19)/t12-,14-/m1/s1. The molecule has 1 rings (SSSR count). The number of unbranched alkanes of at least 4 members (excludes halogenated alkanes) is 1. The highest BCUT2D eigenvalue weighted by molar-refractivity contribution is 5.73. The van der Waals surface area contributed by atoms with Gasteiger partial charge in [-0.2, -0.15) is 0 Å². The third kappa shape index (κ3) is 6.54. The van der Waals surface area contributed by atoms with Crippen molar-refractivity contribution in [2.45, 2.75) is 38.3 Å². The van der Waals surface area contributed by atoms with Crippen LogP contribution in [-0.2, 0) is 4.79 Å². The molecule has 1 aromatic carbocycles. The summed E-state index contributed by atoms with van der Waals surface area (Å²) >= 11 is 0. The maximum absolute atomic E-state index is 11.0. The molecule has 0 unspecified atom stereocenters. The number of carboxylic acid groups (broad SMARTS) is 1. The zero-order valence-corrected chi connectivity index (χ0v) is 11.8. The maximum atomic E-state index is 11.0. The lowest BCUT2D eigenvalue weighted by atomic mass is 10.1. The van der Waals surface area contributed by atoms with Crippen molar-refractivity contribution in [2.24, 2.45) is 0 Å². The van der Waals surface area contributed by atoms with Crippen LogP contribution in [0.5, 0.6) is 5.75 Å². The molecule has 2 atom stereocenters. The van der Waals surface area contributed by atoms with Gasteiger partial charge in [0.25, 0.3) is 0 Å². The number of rotatable bonds is 10.